The first-order chi connectivity index (χ1) is 11.1. The summed E-state index contributed by atoms with van der Waals surface area (Å²) in [7, 11) is 1.53. The number of hydrogen-bond acceptors (Lipinski definition) is 3. The second-order valence-electron chi connectivity index (χ2n) is 5.57. The molecule has 0 unspecified atom stereocenters. The molecule has 2 bridgehead atoms. The van der Waals surface area contributed by atoms with Gasteiger partial charge in [0.2, 0.25) is 0 Å². The fraction of sp³-hybridized carbons (Fsp3) is 0.400. The van der Waals surface area contributed by atoms with E-state index in [4.69, 9.17) is 79.1 Å². The summed E-state index contributed by atoms with van der Waals surface area (Å²) in [5.41, 5.74) is 0. The summed E-state index contributed by atoms with van der Waals surface area (Å²) in [6, 6.07) is 6.47. The van der Waals surface area contributed by atoms with E-state index >= 15 is 0 Å². The second-order valence-corrected chi connectivity index (χ2v) is 8.89. The number of benzene rings is 1. The predicted octanol–water partition coefficient (Wildman–Crippen LogP) is 5.45. The van der Waals surface area contributed by atoms with Crippen molar-refractivity contribution in [3.63, 3.8) is 0 Å². The Morgan fingerprint density at radius 3 is 2.04 bits per heavy atom. The molecule has 0 N–H and O–H groups in total. The van der Waals surface area contributed by atoms with Gasteiger partial charge in [-0.1, -0.05) is 46.4 Å². The van der Waals surface area contributed by atoms with Crippen LogP contribution in [0.2, 0.25) is 0 Å². The lowest BCUT2D eigenvalue weighted by Crippen LogP contribution is -2.46. The van der Waals surface area contributed by atoms with Crippen LogP contribution in [0.15, 0.2) is 34.3 Å². The molecule has 2 aliphatic rings. The van der Waals surface area contributed by atoms with E-state index in [0.717, 1.165) is 0 Å². The lowest BCUT2D eigenvalue weighted by Gasteiger charge is -2.32. The largest absolute Gasteiger partial charge is 0.497 e. The van der Waals surface area contributed by atoms with E-state index in [9.17, 15) is 4.79 Å². The first-order valence-electron chi connectivity index (χ1n) is 6.77. The summed E-state index contributed by atoms with van der Waals surface area (Å²) >= 11 is 38.0. The highest BCUT2D eigenvalue weighted by atomic mass is 35.5. The minimum atomic E-state index is -1.75. The smallest absolute Gasteiger partial charge is 0.316 e. The predicted molar refractivity (Wildman–Crippen MR) is 97.1 cm³/mol. The molecular weight excluding hydrogens is 441 g/mol. The molecule has 1 fully saturated rings. The number of allylic oxidation sites excluding steroid dienone is 2. The number of methoxy groups -OCH3 is 1. The van der Waals surface area contributed by atoms with Crippen molar-refractivity contribution in [1.29, 1.82) is 0 Å². The van der Waals surface area contributed by atoms with Gasteiger partial charge < -0.3 is 9.47 Å². The molecule has 1 saturated carbocycles. The molecule has 0 saturated heterocycles. The van der Waals surface area contributed by atoms with Gasteiger partial charge in [0.25, 0.3) is 0 Å². The van der Waals surface area contributed by atoms with Gasteiger partial charge in [0.15, 0.2) is 4.33 Å². The van der Waals surface area contributed by atoms with Crippen LogP contribution in [0, 0.1) is 5.92 Å². The maximum Gasteiger partial charge on any atom is 0.316 e. The van der Waals surface area contributed by atoms with E-state index in [2.05, 4.69) is 0 Å². The Balaban J connectivity index is 1.89. The third-order valence-corrected chi connectivity index (χ3v) is 8.62. The Morgan fingerprint density at radius 2 is 1.58 bits per heavy atom. The molecule has 0 amide bonds. The normalized spacial score (nSPS) is 33.7. The van der Waals surface area contributed by atoms with Crippen molar-refractivity contribution in [3.05, 3.63) is 34.3 Å². The van der Waals surface area contributed by atoms with Crippen molar-refractivity contribution in [2.75, 3.05) is 7.11 Å². The van der Waals surface area contributed by atoms with Crippen LogP contribution in [0.1, 0.15) is 6.42 Å². The van der Waals surface area contributed by atoms with Gasteiger partial charge in [0, 0.05) is 0 Å². The third kappa shape index (κ3) is 2.29. The molecule has 0 spiro atoms. The Morgan fingerprint density at radius 1 is 1.04 bits per heavy atom. The lowest BCUT2D eigenvalue weighted by atomic mass is 9.92. The van der Waals surface area contributed by atoms with E-state index in [1.165, 1.54) is 7.11 Å². The second kappa shape index (κ2) is 6.00. The minimum Gasteiger partial charge on any atom is -0.497 e. The summed E-state index contributed by atoms with van der Waals surface area (Å²) in [4.78, 5) is 9.51. The zero-order valence-corrected chi connectivity index (χ0v) is 16.6. The monoisotopic (exact) mass is 448 g/mol. The van der Waals surface area contributed by atoms with Crippen LogP contribution in [0.3, 0.4) is 0 Å². The van der Waals surface area contributed by atoms with E-state index in [1.807, 2.05) is 0 Å². The summed E-state index contributed by atoms with van der Waals surface area (Å²) in [6.45, 7) is 0. The number of hydrogen-bond donors (Lipinski definition) is 0. The number of carbonyl (C=O) groups excluding carboxylic acids is 1. The topological polar surface area (TPSA) is 35.5 Å². The van der Waals surface area contributed by atoms with Crippen LogP contribution in [0.5, 0.6) is 11.5 Å². The quantitative estimate of drug-likeness (QED) is 0.349. The number of halogens is 6. The number of esters is 1. The highest BCUT2D eigenvalue weighted by Gasteiger charge is 2.80. The van der Waals surface area contributed by atoms with Crippen LogP contribution in [-0.2, 0) is 4.79 Å². The van der Waals surface area contributed by atoms with Crippen LogP contribution in [0.4, 0.5) is 0 Å². The van der Waals surface area contributed by atoms with Gasteiger partial charge in [-0.2, -0.15) is 0 Å². The fourth-order valence-corrected chi connectivity index (χ4v) is 5.74. The van der Waals surface area contributed by atoms with Gasteiger partial charge in [-0.25, -0.2) is 0 Å². The molecule has 24 heavy (non-hydrogen) atoms. The fourth-order valence-electron chi connectivity index (χ4n) is 2.99. The van der Waals surface area contributed by atoms with Crippen molar-refractivity contribution >= 4 is 75.6 Å². The molecule has 0 aliphatic heterocycles. The molecule has 9 heteroatoms. The van der Waals surface area contributed by atoms with E-state index in [1.54, 1.807) is 24.3 Å². The number of carbonyl (C=O) groups is 1. The Kier molecular flexibility index (Phi) is 4.69. The van der Waals surface area contributed by atoms with Gasteiger partial charge in [-0.15, -0.1) is 23.2 Å². The molecule has 3 atom stereocenters. The zero-order valence-electron chi connectivity index (χ0n) is 12.1. The molecule has 0 radical (unpaired) electrons. The van der Waals surface area contributed by atoms with Crippen LogP contribution in [0.25, 0.3) is 0 Å². The Labute approximate surface area is 168 Å². The first-order valence-corrected chi connectivity index (χ1v) is 9.04. The SMILES string of the molecule is COc1ccc(OC(=O)[C@@H]2C[C@]3(Cl)C(Cl)=C(Cl)[C@@]2(Cl)C3(Cl)Cl)cc1. The Bertz CT molecular complexity index is 731. The van der Waals surface area contributed by atoms with E-state index in [0.29, 0.717) is 11.5 Å². The number of ether oxygens (including phenoxy) is 2. The number of alkyl halides is 4. The van der Waals surface area contributed by atoms with Crippen LogP contribution in [-0.4, -0.2) is 27.2 Å². The van der Waals surface area contributed by atoms with Crippen molar-refractivity contribution in [2.45, 2.75) is 20.5 Å². The van der Waals surface area contributed by atoms with Gasteiger partial charge in [0.1, 0.15) is 21.2 Å². The van der Waals surface area contributed by atoms with E-state index in [-0.39, 0.29) is 16.5 Å². The van der Waals surface area contributed by atoms with Gasteiger partial charge in [-0.3, -0.25) is 4.79 Å². The number of fused-ring (bicyclic) bond motifs is 2. The van der Waals surface area contributed by atoms with Crippen molar-refractivity contribution in [1.82, 2.24) is 0 Å². The minimum absolute atomic E-state index is 0.00902. The van der Waals surface area contributed by atoms with Gasteiger partial charge >= 0.3 is 5.97 Å². The molecule has 3 nitrogen and oxygen atoms in total. The van der Waals surface area contributed by atoms with Crippen LogP contribution >= 0.6 is 69.6 Å². The average Bonchev–Trinajstić information content (AvgIpc) is 2.77. The maximum atomic E-state index is 12.6. The maximum absolute atomic E-state index is 12.6. The molecular formula is C15H10Cl6O3. The van der Waals surface area contributed by atoms with Crippen molar-refractivity contribution in [2.24, 2.45) is 5.92 Å². The van der Waals surface area contributed by atoms with Gasteiger partial charge in [-0.05, 0) is 30.7 Å². The molecule has 1 aromatic carbocycles. The lowest BCUT2D eigenvalue weighted by molar-refractivity contribution is -0.139. The molecule has 0 heterocycles. The molecule has 1 aromatic rings. The van der Waals surface area contributed by atoms with Gasteiger partial charge in [0.05, 0.1) is 23.1 Å². The van der Waals surface area contributed by atoms with E-state index < -0.39 is 26.0 Å². The van der Waals surface area contributed by atoms with Crippen molar-refractivity contribution in [3.8, 4) is 11.5 Å². The molecule has 0 aromatic heterocycles. The standard InChI is InChI=1S/C15H10Cl6O3/c1-23-7-2-4-8(5-3-7)24-12(22)9-6-13(18)10(16)11(17)14(9,19)15(13,20)21/h2-5,9H,6H2,1H3/t9-,13-,14+/m0/s1. The van der Waals surface area contributed by atoms with Crippen LogP contribution < -0.4 is 9.47 Å². The summed E-state index contributed by atoms with van der Waals surface area (Å²) in [5, 5.41) is 0.0214. The highest BCUT2D eigenvalue weighted by molar-refractivity contribution is 6.66. The molecule has 2 aliphatic carbocycles. The molecule has 130 valence electrons. The highest BCUT2D eigenvalue weighted by Crippen LogP contribution is 2.74. The zero-order chi connectivity index (χ0) is 17.9. The Hall–Kier alpha value is -0.0300. The summed E-state index contributed by atoms with van der Waals surface area (Å²) in [6.07, 6.45) is 0.00902. The molecule has 3 rings (SSSR count). The number of rotatable bonds is 3. The summed E-state index contributed by atoms with van der Waals surface area (Å²) < 4.78 is 8.65. The average molecular weight is 451 g/mol. The first kappa shape index (κ1) is 18.8. The summed E-state index contributed by atoms with van der Waals surface area (Å²) in [5.74, 6) is -0.663. The van der Waals surface area contributed by atoms with Crippen molar-refractivity contribution < 1.29 is 14.3 Å². The third-order valence-electron chi connectivity index (χ3n) is 4.34.